The Morgan fingerprint density at radius 2 is 2.09 bits per heavy atom. The number of nitrogens with one attached hydrogen (secondary N) is 1. The van der Waals surface area contributed by atoms with Crippen molar-refractivity contribution in [1.82, 2.24) is 0 Å². The lowest BCUT2D eigenvalue weighted by molar-refractivity contribution is 0.595. The van der Waals surface area contributed by atoms with Crippen molar-refractivity contribution in [2.45, 2.75) is 0 Å². The number of anilines is 1. The molecular weight excluding hydrogens is 157 g/mol. The van der Waals surface area contributed by atoms with E-state index in [0.717, 1.165) is 11.3 Å². The molecule has 1 unspecified atom stereocenters. The first-order valence-corrected chi connectivity index (χ1v) is 4.93. The lowest BCUT2D eigenvalue weighted by Gasteiger charge is -2.11. The molecule has 0 spiro atoms. The molecular formula is C8H8NOP. The van der Waals surface area contributed by atoms with Crippen LogP contribution in [0.1, 0.15) is 5.56 Å². The smallest absolute Gasteiger partial charge is 0.180 e. The Hall–Kier alpha value is -1.01. The third-order valence-electron chi connectivity index (χ3n) is 1.63. The van der Waals surface area contributed by atoms with Gasteiger partial charge in [-0.05, 0) is 23.5 Å². The zero-order valence-corrected chi connectivity index (χ0v) is 6.87. The highest BCUT2D eigenvalue weighted by Gasteiger charge is 2.04. The van der Waals surface area contributed by atoms with Crippen molar-refractivity contribution in [3.8, 4) is 0 Å². The minimum atomic E-state index is -1.69. The minimum absolute atomic E-state index is 0.971. The number of benzene rings is 1. The summed E-state index contributed by atoms with van der Waals surface area (Å²) in [5.74, 6) is 1.72. The molecule has 0 saturated carbocycles. The summed E-state index contributed by atoms with van der Waals surface area (Å²) in [6.45, 7) is 0. The molecule has 1 aromatic rings. The second-order valence-corrected chi connectivity index (χ2v) is 3.72. The zero-order valence-electron chi connectivity index (χ0n) is 5.87. The van der Waals surface area contributed by atoms with Crippen LogP contribution in [-0.4, -0.2) is 0 Å². The fourth-order valence-electron chi connectivity index (χ4n) is 1.10. The maximum atomic E-state index is 11.0. The summed E-state index contributed by atoms with van der Waals surface area (Å²) in [6.07, 6.45) is 1.90. The summed E-state index contributed by atoms with van der Waals surface area (Å²) in [7, 11) is -1.69. The molecule has 1 aliphatic heterocycles. The van der Waals surface area contributed by atoms with Crippen LogP contribution in [0.25, 0.3) is 6.08 Å². The van der Waals surface area contributed by atoms with E-state index >= 15 is 0 Å². The van der Waals surface area contributed by atoms with E-state index in [0.29, 0.717) is 0 Å². The van der Waals surface area contributed by atoms with Gasteiger partial charge in [-0.25, -0.2) is 0 Å². The Kier molecular flexibility index (Phi) is 1.55. The number of rotatable bonds is 0. The van der Waals surface area contributed by atoms with Crippen LogP contribution in [0.3, 0.4) is 0 Å². The van der Waals surface area contributed by atoms with Crippen LogP contribution in [0.4, 0.5) is 5.69 Å². The highest BCUT2D eigenvalue weighted by atomic mass is 31.1. The lowest BCUT2D eigenvalue weighted by atomic mass is 10.2. The summed E-state index contributed by atoms with van der Waals surface area (Å²) in [4.78, 5) is 0. The molecule has 0 bridgehead atoms. The van der Waals surface area contributed by atoms with E-state index in [4.69, 9.17) is 0 Å². The van der Waals surface area contributed by atoms with Gasteiger partial charge in [0.05, 0.1) is 0 Å². The monoisotopic (exact) mass is 165 g/mol. The first-order valence-electron chi connectivity index (χ1n) is 3.44. The van der Waals surface area contributed by atoms with Crippen LogP contribution in [0, 0.1) is 0 Å². The van der Waals surface area contributed by atoms with E-state index in [2.05, 4.69) is 5.09 Å². The molecule has 2 nitrogen and oxygen atoms in total. The van der Waals surface area contributed by atoms with E-state index in [-0.39, 0.29) is 0 Å². The number of para-hydroxylation sites is 1. The molecule has 0 fully saturated rings. The van der Waals surface area contributed by atoms with Gasteiger partial charge in [0.15, 0.2) is 7.95 Å². The van der Waals surface area contributed by atoms with Gasteiger partial charge >= 0.3 is 0 Å². The number of hydrogen-bond donors (Lipinski definition) is 1. The standard InChI is InChI=1S/C8H8NOP/c10-11-6-5-7-3-1-2-4-8(7)9-11/h1-6,11H,(H,9,10). The van der Waals surface area contributed by atoms with Gasteiger partial charge in [0.2, 0.25) is 0 Å². The highest BCUT2D eigenvalue weighted by Crippen LogP contribution is 2.34. The molecule has 0 aromatic heterocycles. The average molecular weight is 165 g/mol. The summed E-state index contributed by atoms with van der Waals surface area (Å²) in [5, 5.41) is 2.92. The topological polar surface area (TPSA) is 29.1 Å². The van der Waals surface area contributed by atoms with Crippen molar-refractivity contribution in [2.24, 2.45) is 0 Å². The van der Waals surface area contributed by atoms with E-state index in [1.165, 1.54) is 0 Å². The van der Waals surface area contributed by atoms with E-state index in [9.17, 15) is 4.57 Å². The minimum Gasteiger partial charge on any atom is -0.335 e. The van der Waals surface area contributed by atoms with Gasteiger partial charge in [0.25, 0.3) is 0 Å². The van der Waals surface area contributed by atoms with Crippen molar-refractivity contribution in [3.63, 3.8) is 0 Å². The van der Waals surface area contributed by atoms with Crippen molar-refractivity contribution in [2.75, 3.05) is 5.09 Å². The van der Waals surface area contributed by atoms with Gasteiger partial charge in [-0.3, -0.25) is 4.57 Å². The van der Waals surface area contributed by atoms with Gasteiger partial charge in [0, 0.05) is 5.69 Å². The molecule has 11 heavy (non-hydrogen) atoms. The Morgan fingerprint density at radius 1 is 1.27 bits per heavy atom. The molecule has 0 saturated heterocycles. The molecule has 0 aliphatic carbocycles. The zero-order chi connectivity index (χ0) is 7.68. The van der Waals surface area contributed by atoms with Crippen LogP contribution < -0.4 is 5.09 Å². The predicted molar refractivity (Wildman–Crippen MR) is 48.1 cm³/mol. The number of fused-ring (bicyclic) bond motifs is 1. The molecule has 1 N–H and O–H groups in total. The quantitative estimate of drug-likeness (QED) is 0.598. The SMILES string of the molecule is O=[PH]1C=Cc2ccccc2N1. The molecule has 0 amide bonds. The fraction of sp³-hybridized carbons (Fsp3) is 0. The maximum absolute atomic E-state index is 11.0. The second kappa shape index (κ2) is 2.55. The van der Waals surface area contributed by atoms with Crippen LogP contribution in [-0.2, 0) is 4.57 Å². The first kappa shape index (κ1) is 6.68. The normalized spacial score (nSPS) is 20.5. The number of hydrogen-bond acceptors (Lipinski definition) is 1. The fourth-order valence-corrected chi connectivity index (χ4v) is 2.00. The van der Waals surface area contributed by atoms with Crippen molar-refractivity contribution in [3.05, 3.63) is 35.6 Å². The van der Waals surface area contributed by atoms with Gasteiger partial charge in [-0.15, -0.1) is 0 Å². The third-order valence-corrected chi connectivity index (χ3v) is 2.62. The third kappa shape index (κ3) is 1.22. The van der Waals surface area contributed by atoms with Crippen LogP contribution in [0.2, 0.25) is 0 Å². The summed E-state index contributed by atoms with van der Waals surface area (Å²) in [5.41, 5.74) is 2.08. The summed E-state index contributed by atoms with van der Waals surface area (Å²) >= 11 is 0. The van der Waals surface area contributed by atoms with Gasteiger partial charge < -0.3 is 5.09 Å². The molecule has 2 rings (SSSR count). The first-order chi connectivity index (χ1) is 5.36. The Balaban J connectivity index is 2.54. The maximum Gasteiger partial charge on any atom is 0.180 e. The highest BCUT2D eigenvalue weighted by molar-refractivity contribution is 7.50. The molecule has 3 heteroatoms. The predicted octanol–water partition coefficient (Wildman–Crippen LogP) is 2.56. The largest absolute Gasteiger partial charge is 0.335 e. The molecule has 56 valence electrons. The van der Waals surface area contributed by atoms with Crippen LogP contribution in [0.15, 0.2) is 30.1 Å². The molecule has 1 atom stereocenters. The Labute approximate surface area is 65.8 Å². The van der Waals surface area contributed by atoms with Crippen LogP contribution >= 0.6 is 7.95 Å². The summed E-state index contributed by atoms with van der Waals surface area (Å²) < 4.78 is 11.0. The van der Waals surface area contributed by atoms with E-state index in [1.54, 1.807) is 5.82 Å². The Bertz CT molecular complexity index is 333. The Morgan fingerprint density at radius 3 is 3.00 bits per heavy atom. The van der Waals surface area contributed by atoms with Crippen LogP contribution in [0.5, 0.6) is 0 Å². The molecule has 1 aromatic carbocycles. The van der Waals surface area contributed by atoms with Crippen molar-refractivity contribution < 1.29 is 4.57 Å². The molecule has 1 aliphatic rings. The van der Waals surface area contributed by atoms with Gasteiger partial charge in [0.1, 0.15) is 0 Å². The van der Waals surface area contributed by atoms with Crippen molar-refractivity contribution in [1.29, 1.82) is 0 Å². The summed E-state index contributed by atoms with van der Waals surface area (Å²) in [6, 6.07) is 7.82. The van der Waals surface area contributed by atoms with E-state index in [1.807, 2.05) is 30.3 Å². The second-order valence-electron chi connectivity index (χ2n) is 2.41. The molecule has 0 radical (unpaired) electrons. The van der Waals surface area contributed by atoms with Gasteiger partial charge in [-0.1, -0.05) is 18.2 Å². The van der Waals surface area contributed by atoms with E-state index < -0.39 is 7.95 Å². The van der Waals surface area contributed by atoms with Crippen molar-refractivity contribution >= 4 is 19.7 Å². The molecule has 1 heterocycles. The average Bonchev–Trinajstić information content (AvgIpc) is 2.04. The van der Waals surface area contributed by atoms with Gasteiger partial charge in [-0.2, -0.15) is 0 Å². The lowest BCUT2D eigenvalue weighted by Crippen LogP contribution is -1.91.